The second-order valence-corrected chi connectivity index (χ2v) is 3.98. The van der Waals surface area contributed by atoms with Crippen LogP contribution in [0.1, 0.15) is 5.69 Å². The summed E-state index contributed by atoms with van der Waals surface area (Å²) in [5, 5.41) is 4.54. The van der Waals surface area contributed by atoms with Crippen LogP contribution in [0.15, 0.2) is 18.3 Å². The molecule has 0 saturated carbocycles. The average Bonchev–Trinajstić information content (AvgIpc) is 2.69. The molecule has 16 heavy (non-hydrogen) atoms. The molecule has 1 aliphatic heterocycles. The molecular weight excluding hydrogens is 204 g/mol. The summed E-state index contributed by atoms with van der Waals surface area (Å²) >= 11 is 0. The molecule has 0 bridgehead atoms. The Kier molecular flexibility index (Phi) is 2.25. The van der Waals surface area contributed by atoms with Gasteiger partial charge in [-0.05, 0) is 19.1 Å². The van der Waals surface area contributed by atoms with Gasteiger partial charge in [0.25, 0.3) is 0 Å². The number of fused-ring (bicyclic) bond motifs is 1. The second kappa shape index (κ2) is 3.75. The van der Waals surface area contributed by atoms with Crippen molar-refractivity contribution in [3.63, 3.8) is 0 Å². The van der Waals surface area contributed by atoms with Crippen LogP contribution in [0.4, 0.5) is 5.82 Å². The number of morpholine rings is 1. The minimum absolute atomic E-state index is 0.780. The van der Waals surface area contributed by atoms with Gasteiger partial charge < -0.3 is 9.64 Å². The summed E-state index contributed by atoms with van der Waals surface area (Å²) < 4.78 is 7.16. The number of nitrogens with zero attached hydrogens (tertiary/aromatic N) is 4. The van der Waals surface area contributed by atoms with Gasteiger partial charge >= 0.3 is 0 Å². The van der Waals surface area contributed by atoms with E-state index >= 15 is 0 Å². The monoisotopic (exact) mass is 218 g/mol. The Morgan fingerprint density at radius 2 is 2.06 bits per heavy atom. The largest absolute Gasteiger partial charge is 0.378 e. The maximum absolute atomic E-state index is 5.32. The summed E-state index contributed by atoms with van der Waals surface area (Å²) in [5.74, 6) is 0.994. The average molecular weight is 218 g/mol. The van der Waals surface area contributed by atoms with Crippen LogP contribution in [-0.4, -0.2) is 40.9 Å². The fraction of sp³-hybridized carbons (Fsp3) is 0.455. The summed E-state index contributed by atoms with van der Waals surface area (Å²) in [6.45, 7) is 5.35. The van der Waals surface area contributed by atoms with Crippen molar-refractivity contribution in [2.45, 2.75) is 6.92 Å². The minimum Gasteiger partial charge on any atom is -0.378 e. The van der Waals surface area contributed by atoms with Crippen molar-refractivity contribution in [2.24, 2.45) is 0 Å². The second-order valence-electron chi connectivity index (χ2n) is 3.98. The van der Waals surface area contributed by atoms with Crippen LogP contribution in [0.25, 0.3) is 5.65 Å². The Bertz CT molecular complexity index is 502. The molecule has 3 heterocycles. The maximum atomic E-state index is 5.32. The third-order valence-corrected chi connectivity index (χ3v) is 2.76. The summed E-state index contributed by atoms with van der Waals surface area (Å²) in [6, 6.07) is 4.03. The van der Waals surface area contributed by atoms with Crippen molar-refractivity contribution in [3.8, 4) is 0 Å². The molecule has 5 heteroatoms. The van der Waals surface area contributed by atoms with Crippen molar-refractivity contribution < 1.29 is 4.74 Å². The molecule has 0 aliphatic carbocycles. The van der Waals surface area contributed by atoms with Gasteiger partial charge in [0.05, 0.1) is 25.1 Å². The van der Waals surface area contributed by atoms with Gasteiger partial charge in [0, 0.05) is 13.1 Å². The fourth-order valence-corrected chi connectivity index (χ4v) is 1.95. The molecule has 3 rings (SSSR count). The molecule has 0 unspecified atom stereocenters. The Morgan fingerprint density at radius 1 is 1.25 bits per heavy atom. The number of anilines is 1. The molecule has 0 atom stereocenters. The van der Waals surface area contributed by atoms with Crippen molar-refractivity contribution in [3.05, 3.63) is 24.0 Å². The standard InChI is InChI=1S/C11H14N4O/c1-9-8-15-10(12-9)2-3-11(13-15)14-4-6-16-7-5-14/h2-3,8H,4-7H2,1H3. The van der Waals surface area contributed by atoms with Gasteiger partial charge in [0.2, 0.25) is 0 Å². The maximum Gasteiger partial charge on any atom is 0.153 e. The number of imidazole rings is 1. The summed E-state index contributed by atoms with van der Waals surface area (Å²) in [4.78, 5) is 6.59. The lowest BCUT2D eigenvalue weighted by atomic mass is 10.4. The molecule has 0 radical (unpaired) electrons. The van der Waals surface area contributed by atoms with E-state index in [1.165, 1.54) is 0 Å². The first-order chi connectivity index (χ1) is 7.83. The highest BCUT2D eigenvalue weighted by molar-refractivity contribution is 5.46. The fourth-order valence-electron chi connectivity index (χ4n) is 1.95. The van der Waals surface area contributed by atoms with Gasteiger partial charge in [-0.25, -0.2) is 9.50 Å². The molecule has 0 aromatic carbocycles. The van der Waals surface area contributed by atoms with Gasteiger partial charge in [-0.2, -0.15) is 0 Å². The smallest absolute Gasteiger partial charge is 0.153 e. The zero-order valence-electron chi connectivity index (χ0n) is 9.26. The molecule has 1 aliphatic rings. The first kappa shape index (κ1) is 9.59. The Balaban J connectivity index is 1.97. The molecule has 5 nitrogen and oxygen atoms in total. The molecule has 0 N–H and O–H groups in total. The van der Waals surface area contributed by atoms with Crippen LogP contribution in [0.3, 0.4) is 0 Å². The third-order valence-electron chi connectivity index (χ3n) is 2.76. The summed E-state index contributed by atoms with van der Waals surface area (Å²) in [5.41, 5.74) is 1.89. The summed E-state index contributed by atoms with van der Waals surface area (Å²) in [7, 11) is 0. The molecule has 0 spiro atoms. The van der Waals surface area contributed by atoms with E-state index in [1.807, 2.05) is 29.8 Å². The first-order valence-electron chi connectivity index (χ1n) is 5.49. The number of rotatable bonds is 1. The van der Waals surface area contributed by atoms with E-state index in [2.05, 4.69) is 15.0 Å². The van der Waals surface area contributed by atoms with Crippen LogP contribution in [0.2, 0.25) is 0 Å². The third kappa shape index (κ3) is 1.63. The number of hydrogen-bond acceptors (Lipinski definition) is 4. The molecular formula is C11H14N4O. The lowest BCUT2D eigenvalue weighted by Crippen LogP contribution is -2.36. The predicted octanol–water partition coefficient (Wildman–Crippen LogP) is 0.874. The van der Waals surface area contributed by atoms with E-state index in [-0.39, 0.29) is 0 Å². The van der Waals surface area contributed by atoms with E-state index in [9.17, 15) is 0 Å². The van der Waals surface area contributed by atoms with Crippen LogP contribution in [-0.2, 0) is 4.74 Å². The highest BCUT2D eigenvalue weighted by atomic mass is 16.5. The van der Waals surface area contributed by atoms with E-state index < -0.39 is 0 Å². The van der Waals surface area contributed by atoms with Gasteiger partial charge in [-0.15, -0.1) is 5.10 Å². The van der Waals surface area contributed by atoms with Crippen molar-refractivity contribution in [1.29, 1.82) is 0 Å². The highest BCUT2D eigenvalue weighted by Gasteiger charge is 2.13. The quantitative estimate of drug-likeness (QED) is 0.712. The van der Waals surface area contributed by atoms with Crippen LogP contribution < -0.4 is 4.90 Å². The van der Waals surface area contributed by atoms with Crippen LogP contribution in [0, 0.1) is 6.92 Å². The minimum atomic E-state index is 0.780. The molecule has 2 aromatic rings. The number of aromatic nitrogens is 3. The summed E-state index contributed by atoms with van der Waals surface area (Å²) in [6.07, 6.45) is 1.94. The Labute approximate surface area is 93.6 Å². The van der Waals surface area contributed by atoms with E-state index in [4.69, 9.17) is 4.74 Å². The van der Waals surface area contributed by atoms with Gasteiger partial charge in [0.15, 0.2) is 5.65 Å². The van der Waals surface area contributed by atoms with Gasteiger partial charge in [-0.3, -0.25) is 0 Å². The van der Waals surface area contributed by atoms with Crippen LogP contribution in [0.5, 0.6) is 0 Å². The van der Waals surface area contributed by atoms with Crippen molar-refractivity contribution in [2.75, 3.05) is 31.2 Å². The van der Waals surface area contributed by atoms with E-state index in [0.717, 1.165) is 43.5 Å². The molecule has 2 aromatic heterocycles. The number of aryl methyl sites for hydroxylation is 1. The van der Waals surface area contributed by atoms with Crippen LogP contribution >= 0.6 is 0 Å². The van der Waals surface area contributed by atoms with E-state index in [0.29, 0.717) is 0 Å². The molecule has 1 fully saturated rings. The Morgan fingerprint density at radius 3 is 2.88 bits per heavy atom. The highest BCUT2D eigenvalue weighted by Crippen LogP contribution is 2.13. The SMILES string of the molecule is Cc1cn2nc(N3CCOCC3)ccc2n1. The molecule has 1 saturated heterocycles. The first-order valence-corrected chi connectivity index (χ1v) is 5.49. The number of hydrogen-bond donors (Lipinski definition) is 0. The predicted molar refractivity (Wildman–Crippen MR) is 60.8 cm³/mol. The molecule has 0 amide bonds. The number of ether oxygens (including phenoxy) is 1. The van der Waals surface area contributed by atoms with Gasteiger partial charge in [-0.1, -0.05) is 0 Å². The lowest BCUT2D eigenvalue weighted by molar-refractivity contribution is 0.122. The Hall–Kier alpha value is -1.62. The van der Waals surface area contributed by atoms with Crippen molar-refractivity contribution >= 4 is 11.5 Å². The zero-order chi connectivity index (χ0) is 11.0. The lowest BCUT2D eigenvalue weighted by Gasteiger charge is -2.27. The normalized spacial score (nSPS) is 16.9. The molecule has 84 valence electrons. The zero-order valence-corrected chi connectivity index (χ0v) is 9.26. The topological polar surface area (TPSA) is 42.7 Å². The van der Waals surface area contributed by atoms with Gasteiger partial charge in [0.1, 0.15) is 5.82 Å². The van der Waals surface area contributed by atoms with Crippen molar-refractivity contribution in [1.82, 2.24) is 14.6 Å². The van der Waals surface area contributed by atoms with E-state index in [1.54, 1.807) is 0 Å².